The summed E-state index contributed by atoms with van der Waals surface area (Å²) in [6.07, 6.45) is 0. The SMILES string of the molecule is Cc1ccc([C@@H](N)c2ccsc2)cc1[N+](=O)[O-].Cl. The summed E-state index contributed by atoms with van der Waals surface area (Å²) in [5.74, 6) is 0. The van der Waals surface area contributed by atoms with Gasteiger partial charge in [-0.2, -0.15) is 11.3 Å². The molecule has 2 rings (SSSR count). The molecule has 6 heteroatoms. The molecule has 96 valence electrons. The largest absolute Gasteiger partial charge is 0.320 e. The number of nitrogens with two attached hydrogens (primary N) is 1. The van der Waals surface area contributed by atoms with E-state index >= 15 is 0 Å². The lowest BCUT2D eigenvalue weighted by Gasteiger charge is -2.10. The van der Waals surface area contributed by atoms with Crippen LogP contribution in [0.3, 0.4) is 0 Å². The van der Waals surface area contributed by atoms with Gasteiger partial charge in [-0.15, -0.1) is 12.4 Å². The molecule has 1 heterocycles. The molecule has 0 bridgehead atoms. The van der Waals surface area contributed by atoms with E-state index in [9.17, 15) is 10.1 Å². The molecule has 1 atom stereocenters. The van der Waals surface area contributed by atoms with Crippen LogP contribution < -0.4 is 5.73 Å². The number of nitrogens with zero attached hydrogens (tertiary/aromatic N) is 1. The molecule has 0 amide bonds. The molecular formula is C12H13ClN2O2S. The Morgan fingerprint density at radius 1 is 1.33 bits per heavy atom. The van der Waals surface area contributed by atoms with E-state index in [1.165, 1.54) is 0 Å². The third-order valence-electron chi connectivity index (χ3n) is 2.69. The minimum absolute atomic E-state index is 0. The molecule has 0 unspecified atom stereocenters. The van der Waals surface area contributed by atoms with Crippen molar-refractivity contribution in [2.24, 2.45) is 5.73 Å². The number of hydrogen-bond acceptors (Lipinski definition) is 4. The molecule has 0 saturated carbocycles. The highest BCUT2D eigenvalue weighted by Gasteiger charge is 2.15. The molecule has 0 fully saturated rings. The number of hydrogen-bond donors (Lipinski definition) is 1. The number of nitro benzene ring substituents is 1. The fourth-order valence-corrected chi connectivity index (χ4v) is 2.36. The van der Waals surface area contributed by atoms with E-state index in [-0.39, 0.29) is 29.1 Å². The fraction of sp³-hybridized carbons (Fsp3) is 0.167. The van der Waals surface area contributed by atoms with E-state index in [2.05, 4.69) is 0 Å². The zero-order chi connectivity index (χ0) is 12.4. The molecule has 2 aromatic rings. The Morgan fingerprint density at radius 2 is 2.06 bits per heavy atom. The van der Waals surface area contributed by atoms with E-state index in [4.69, 9.17) is 5.73 Å². The van der Waals surface area contributed by atoms with Gasteiger partial charge in [0.05, 0.1) is 11.0 Å². The summed E-state index contributed by atoms with van der Waals surface area (Å²) in [7, 11) is 0. The lowest BCUT2D eigenvalue weighted by atomic mass is 10.00. The van der Waals surface area contributed by atoms with E-state index in [0.717, 1.165) is 11.1 Å². The van der Waals surface area contributed by atoms with Crippen LogP contribution >= 0.6 is 23.7 Å². The fourth-order valence-electron chi connectivity index (χ4n) is 1.66. The molecule has 0 aliphatic heterocycles. The Balaban J connectivity index is 0.00000162. The Hall–Kier alpha value is -1.43. The average molecular weight is 285 g/mol. The summed E-state index contributed by atoms with van der Waals surface area (Å²) >= 11 is 1.56. The molecule has 1 aromatic carbocycles. The standard InChI is InChI=1S/C12H12N2O2S.ClH/c1-8-2-3-9(6-11(8)14(15)16)12(13)10-4-5-17-7-10;/h2-7,12H,13H2,1H3;1H/t12-;/m1./s1. The van der Waals surface area contributed by atoms with Crippen molar-refractivity contribution < 1.29 is 4.92 Å². The summed E-state index contributed by atoms with van der Waals surface area (Å²) < 4.78 is 0. The molecule has 0 spiro atoms. The van der Waals surface area contributed by atoms with Gasteiger partial charge in [0, 0.05) is 11.6 Å². The summed E-state index contributed by atoms with van der Waals surface area (Å²) in [5, 5.41) is 14.7. The van der Waals surface area contributed by atoms with Gasteiger partial charge in [0.1, 0.15) is 0 Å². The topological polar surface area (TPSA) is 69.2 Å². The first-order chi connectivity index (χ1) is 8.09. The third-order valence-corrected chi connectivity index (χ3v) is 3.39. The van der Waals surface area contributed by atoms with E-state index in [0.29, 0.717) is 5.56 Å². The second-order valence-electron chi connectivity index (χ2n) is 3.84. The highest BCUT2D eigenvalue weighted by atomic mass is 35.5. The van der Waals surface area contributed by atoms with E-state index < -0.39 is 0 Å². The number of rotatable bonds is 3. The van der Waals surface area contributed by atoms with Crippen molar-refractivity contribution in [2.45, 2.75) is 13.0 Å². The quantitative estimate of drug-likeness (QED) is 0.693. The van der Waals surface area contributed by atoms with Crippen molar-refractivity contribution in [1.82, 2.24) is 0 Å². The van der Waals surface area contributed by atoms with Crippen molar-refractivity contribution >= 4 is 29.4 Å². The van der Waals surface area contributed by atoms with Gasteiger partial charge in [0.25, 0.3) is 5.69 Å². The van der Waals surface area contributed by atoms with Gasteiger partial charge in [-0.1, -0.05) is 12.1 Å². The minimum atomic E-state index is -0.376. The van der Waals surface area contributed by atoms with Crippen LogP contribution in [0.1, 0.15) is 22.7 Å². The minimum Gasteiger partial charge on any atom is -0.320 e. The maximum Gasteiger partial charge on any atom is 0.272 e. The number of aryl methyl sites for hydroxylation is 1. The van der Waals surface area contributed by atoms with Crippen LogP contribution in [-0.4, -0.2) is 4.92 Å². The number of benzene rings is 1. The average Bonchev–Trinajstić information content (AvgIpc) is 2.81. The van der Waals surface area contributed by atoms with Crippen LogP contribution in [-0.2, 0) is 0 Å². The monoisotopic (exact) mass is 284 g/mol. The first kappa shape index (κ1) is 14.6. The Bertz CT molecular complexity index is 543. The highest BCUT2D eigenvalue weighted by Crippen LogP contribution is 2.26. The normalized spacial score (nSPS) is 11.7. The number of thiophene rings is 1. The smallest absolute Gasteiger partial charge is 0.272 e. The number of halogens is 1. The summed E-state index contributed by atoms with van der Waals surface area (Å²) in [4.78, 5) is 10.5. The Kier molecular flexibility index (Phi) is 4.84. The van der Waals surface area contributed by atoms with Gasteiger partial charge in [-0.25, -0.2) is 0 Å². The summed E-state index contributed by atoms with van der Waals surface area (Å²) in [6.45, 7) is 1.72. The van der Waals surface area contributed by atoms with Crippen molar-refractivity contribution in [3.8, 4) is 0 Å². The van der Waals surface area contributed by atoms with E-state index in [1.54, 1.807) is 30.4 Å². The van der Waals surface area contributed by atoms with Gasteiger partial charge in [0.2, 0.25) is 0 Å². The van der Waals surface area contributed by atoms with Crippen LogP contribution in [0.4, 0.5) is 5.69 Å². The second kappa shape index (κ2) is 5.95. The van der Waals surface area contributed by atoms with Crippen LogP contribution in [0.15, 0.2) is 35.0 Å². The van der Waals surface area contributed by atoms with Crippen LogP contribution in [0.25, 0.3) is 0 Å². The van der Waals surface area contributed by atoms with Crippen LogP contribution in [0.2, 0.25) is 0 Å². The highest BCUT2D eigenvalue weighted by molar-refractivity contribution is 7.08. The van der Waals surface area contributed by atoms with Gasteiger partial charge < -0.3 is 5.73 Å². The molecule has 18 heavy (non-hydrogen) atoms. The van der Waals surface area contributed by atoms with Crippen molar-refractivity contribution in [3.05, 3.63) is 61.8 Å². The zero-order valence-corrected chi connectivity index (χ0v) is 11.3. The Morgan fingerprint density at radius 3 is 2.61 bits per heavy atom. The number of nitro groups is 1. The van der Waals surface area contributed by atoms with Crippen molar-refractivity contribution in [3.63, 3.8) is 0 Å². The second-order valence-corrected chi connectivity index (χ2v) is 4.62. The predicted octanol–water partition coefficient (Wildman–Crippen LogP) is 3.43. The molecule has 0 saturated heterocycles. The maximum atomic E-state index is 10.8. The van der Waals surface area contributed by atoms with Crippen molar-refractivity contribution in [1.29, 1.82) is 0 Å². The molecule has 4 nitrogen and oxygen atoms in total. The van der Waals surface area contributed by atoms with Crippen LogP contribution in [0.5, 0.6) is 0 Å². The Labute approximate surface area is 115 Å². The first-order valence-corrected chi connectivity index (χ1v) is 6.06. The van der Waals surface area contributed by atoms with E-state index in [1.807, 2.05) is 22.9 Å². The predicted molar refractivity (Wildman–Crippen MR) is 75.4 cm³/mol. The van der Waals surface area contributed by atoms with Gasteiger partial charge in [-0.05, 0) is 34.9 Å². The summed E-state index contributed by atoms with van der Waals surface area (Å²) in [6, 6.07) is 6.75. The lowest BCUT2D eigenvalue weighted by Crippen LogP contribution is -2.11. The molecule has 0 radical (unpaired) electrons. The third kappa shape index (κ3) is 2.87. The van der Waals surface area contributed by atoms with Gasteiger partial charge in [0.15, 0.2) is 0 Å². The molecule has 1 aromatic heterocycles. The first-order valence-electron chi connectivity index (χ1n) is 5.12. The van der Waals surface area contributed by atoms with Gasteiger partial charge >= 0.3 is 0 Å². The molecule has 0 aliphatic rings. The maximum absolute atomic E-state index is 10.8. The molecule has 0 aliphatic carbocycles. The van der Waals surface area contributed by atoms with Gasteiger partial charge in [-0.3, -0.25) is 10.1 Å². The molecule has 2 N–H and O–H groups in total. The summed E-state index contributed by atoms with van der Waals surface area (Å²) in [5.41, 5.74) is 8.58. The molecular weight excluding hydrogens is 272 g/mol. The zero-order valence-electron chi connectivity index (χ0n) is 9.70. The lowest BCUT2D eigenvalue weighted by molar-refractivity contribution is -0.385. The van der Waals surface area contributed by atoms with Crippen LogP contribution in [0, 0.1) is 17.0 Å². The van der Waals surface area contributed by atoms with Crippen molar-refractivity contribution in [2.75, 3.05) is 0 Å².